The molecule has 5 N–H and O–H groups in total. The number of likely N-dealkylation sites (N-methyl/N-ethyl adjacent to an activating group) is 1. The number of carboxylic acid groups (broad SMARTS) is 1. The highest BCUT2D eigenvalue weighted by molar-refractivity contribution is 6.01. The maximum absolute atomic E-state index is 13.1. The van der Waals surface area contributed by atoms with Crippen LogP contribution >= 0.6 is 0 Å². The summed E-state index contributed by atoms with van der Waals surface area (Å²) < 4.78 is 5.44. The van der Waals surface area contributed by atoms with E-state index in [-0.39, 0.29) is 31.6 Å². The average molecular weight is 605 g/mol. The van der Waals surface area contributed by atoms with Crippen LogP contribution in [0, 0.1) is 6.92 Å². The second kappa shape index (κ2) is 15.1. The summed E-state index contributed by atoms with van der Waals surface area (Å²) in [5, 5.41) is 14.9. The van der Waals surface area contributed by atoms with Gasteiger partial charge in [0.2, 0.25) is 17.7 Å². The van der Waals surface area contributed by atoms with Gasteiger partial charge in [-0.25, -0.2) is 9.78 Å². The zero-order valence-corrected chi connectivity index (χ0v) is 25.0. The fourth-order valence-corrected chi connectivity index (χ4v) is 4.38. The standard InChI is InChI=1S/C31H36N6O7/c1-19-7-5-6-8-22(19)34-31(43)35-23-11-9-20(15-25(23)44-4)16-29(40)37(3)27-13-10-21(18-33-27)24(17-30(41)42)36(2)28(39)14-12-26(32)38/h5-11,13,15,18,24H,12,14,16-17H2,1-4H3,(H2,32,38)(H,41,42)(H2,34,35,43). The molecule has 1 heterocycles. The number of aryl methyl sites for hydroxylation is 1. The van der Waals surface area contributed by atoms with Gasteiger partial charge >= 0.3 is 12.0 Å². The summed E-state index contributed by atoms with van der Waals surface area (Å²) in [7, 11) is 4.47. The molecule has 232 valence electrons. The predicted molar refractivity (Wildman–Crippen MR) is 164 cm³/mol. The van der Waals surface area contributed by atoms with E-state index >= 15 is 0 Å². The van der Waals surface area contributed by atoms with Crippen molar-refractivity contribution in [2.75, 3.05) is 36.7 Å². The zero-order chi connectivity index (χ0) is 32.4. The van der Waals surface area contributed by atoms with Crippen molar-refractivity contribution < 1.29 is 33.8 Å². The van der Waals surface area contributed by atoms with E-state index in [4.69, 9.17) is 10.5 Å². The SMILES string of the molecule is COc1cc(CC(=O)N(C)c2ccc(C(CC(=O)O)N(C)C(=O)CCC(N)=O)cn2)ccc1NC(=O)Nc1ccccc1C. The number of pyridine rings is 1. The summed E-state index contributed by atoms with van der Waals surface area (Å²) >= 11 is 0. The van der Waals surface area contributed by atoms with Crippen LogP contribution in [0.5, 0.6) is 5.75 Å². The summed E-state index contributed by atoms with van der Waals surface area (Å²) in [5.74, 6) is -1.79. The van der Waals surface area contributed by atoms with E-state index in [0.29, 0.717) is 34.1 Å². The van der Waals surface area contributed by atoms with Crippen LogP contribution in [-0.2, 0) is 25.6 Å². The van der Waals surface area contributed by atoms with Crippen LogP contribution in [0.25, 0.3) is 0 Å². The van der Waals surface area contributed by atoms with Crippen molar-refractivity contribution in [3.05, 3.63) is 77.5 Å². The third kappa shape index (κ3) is 9.02. The normalized spacial score (nSPS) is 11.2. The molecule has 0 aliphatic heterocycles. The molecule has 0 spiro atoms. The molecule has 1 unspecified atom stereocenters. The summed E-state index contributed by atoms with van der Waals surface area (Å²) in [6, 6.07) is 14.3. The predicted octanol–water partition coefficient (Wildman–Crippen LogP) is 3.49. The van der Waals surface area contributed by atoms with Gasteiger partial charge in [-0.2, -0.15) is 0 Å². The van der Waals surface area contributed by atoms with Gasteiger partial charge < -0.3 is 31.1 Å². The Kier molecular flexibility index (Phi) is 11.4. The van der Waals surface area contributed by atoms with Gasteiger partial charge in [-0.15, -0.1) is 0 Å². The molecule has 0 saturated carbocycles. The van der Waals surface area contributed by atoms with Crippen molar-refractivity contribution in [1.82, 2.24) is 9.88 Å². The van der Waals surface area contributed by atoms with Gasteiger partial charge in [-0.1, -0.05) is 30.3 Å². The van der Waals surface area contributed by atoms with Crippen LogP contribution < -0.4 is 26.0 Å². The van der Waals surface area contributed by atoms with Gasteiger partial charge in [0.15, 0.2) is 0 Å². The number of hydrogen-bond acceptors (Lipinski definition) is 7. The second-order valence-corrected chi connectivity index (χ2v) is 10.1. The molecule has 0 aliphatic carbocycles. The van der Waals surface area contributed by atoms with Gasteiger partial charge in [-0.3, -0.25) is 24.1 Å². The van der Waals surface area contributed by atoms with Crippen LogP contribution in [0.4, 0.5) is 22.0 Å². The molecule has 13 nitrogen and oxygen atoms in total. The first-order valence-electron chi connectivity index (χ1n) is 13.7. The number of aliphatic carboxylic acids is 1. The molecule has 0 bridgehead atoms. The number of carboxylic acids is 1. The Labute approximate surface area is 255 Å². The van der Waals surface area contributed by atoms with Crippen molar-refractivity contribution in [3.8, 4) is 5.75 Å². The number of anilines is 3. The maximum atomic E-state index is 13.1. The first-order valence-corrected chi connectivity index (χ1v) is 13.7. The third-order valence-electron chi connectivity index (χ3n) is 6.95. The highest BCUT2D eigenvalue weighted by Crippen LogP contribution is 2.28. The molecule has 2 aromatic carbocycles. The van der Waals surface area contributed by atoms with E-state index in [1.807, 2.05) is 25.1 Å². The van der Waals surface area contributed by atoms with Crippen LogP contribution in [-0.4, -0.2) is 65.9 Å². The fraction of sp³-hybridized carbons (Fsp3) is 0.290. The smallest absolute Gasteiger partial charge is 0.323 e. The van der Waals surface area contributed by atoms with E-state index in [1.54, 1.807) is 43.4 Å². The molecule has 13 heteroatoms. The number of nitrogens with one attached hydrogen (secondary N) is 2. The van der Waals surface area contributed by atoms with Gasteiger partial charge in [0.05, 0.1) is 31.7 Å². The molecule has 1 aromatic heterocycles. The minimum atomic E-state index is -1.12. The molecule has 5 amide bonds. The quantitative estimate of drug-likeness (QED) is 0.228. The number of primary amides is 1. The summed E-state index contributed by atoms with van der Waals surface area (Å²) in [4.78, 5) is 67.6. The number of amides is 5. The Bertz CT molecular complexity index is 1530. The van der Waals surface area contributed by atoms with Crippen molar-refractivity contribution in [2.45, 2.75) is 38.6 Å². The van der Waals surface area contributed by atoms with Gasteiger partial charge in [0.1, 0.15) is 11.6 Å². The number of urea groups is 1. The average Bonchev–Trinajstić information content (AvgIpc) is 2.99. The minimum absolute atomic E-state index is 0.00468. The number of methoxy groups -OCH3 is 1. The van der Waals surface area contributed by atoms with Crippen molar-refractivity contribution in [2.24, 2.45) is 5.73 Å². The van der Waals surface area contributed by atoms with Gasteiger partial charge in [0.25, 0.3) is 0 Å². The number of aromatic nitrogens is 1. The van der Waals surface area contributed by atoms with E-state index < -0.39 is 29.9 Å². The topological polar surface area (TPSA) is 184 Å². The highest BCUT2D eigenvalue weighted by atomic mass is 16.5. The third-order valence-corrected chi connectivity index (χ3v) is 6.95. The maximum Gasteiger partial charge on any atom is 0.323 e. The van der Waals surface area contributed by atoms with Crippen LogP contribution in [0.2, 0.25) is 0 Å². The van der Waals surface area contributed by atoms with Crippen molar-refractivity contribution >= 4 is 46.9 Å². The zero-order valence-electron chi connectivity index (χ0n) is 25.0. The number of ether oxygens (including phenoxy) is 1. The second-order valence-electron chi connectivity index (χ2n) is 10.1. The first kappa shape index (κ1) is 33.0. The molecule has 0 fully saturated rings. The number of benzene rings is 2. The van der Waals surface area contributed by atoms with E-state index in [0.717, 1.165) is 5.56 Å². The summed E-state index contributed by atoms with van der Waals surface area (Å²) in [5.41, 5.74) is 8.22. The molecule has 44 heavy (non-hydrogen) atoms. The lowest BCUT2D eigenvalue weighted by Gasteiger charge is -2.27. The number of para-hydroxylation sites is 1. The number of hydrogen-bond donors (Lipinski definition) is 4. The molecule has 0 saturated heterocycles. The van der Waals surface area contributed by atoms with E-state index in [1.165, 1.54) is 30.2 Å². The van der Waals surface area contributed by atoms with E-state index in [2.05, 4.69) is 15.6 Å². The number of carbonyl (C=O) groups is 5. The lowest BCUT2D eigenvalue weighted by Crippen LogP contribution is -2.33. The summed E-state index contributed by atoms with van der Waals surface area (Å²) in [6.07, 6.45) is 0.740. The number of carbonyl (C=O) groups excluding carboxylic acids is 4. The molecule has 0 aliphatic rings. The minimum Gasteiger partial charge on any atom is -0.495 e. The lowest BCUT2D eigenvalue weighted by molar-refractivity contribution is -0.141. The Morgan fingerprint density at radius 1 is 0.955 bits per heavy atom. The molecular formula is C31H36N6O7. The highest BCUT2D eigenvalue weighted by Gasteiger charge is 2.25. The Morgan fingerprint density at radius 2 is 1.66 bits per heavy atom. The molecule has 1 atom stereocenters. The Balaban J connectivity index is 1.68. The number of nitrogens with zero attached hydrogens (tertiary/aromatic N) is 3. The lowest BCUT2D eigenvalue weighted by atomic mass is 10.0. The van der Waals surface area contributed by atoms with Gasteiger partial charge in [-0.05, 0) is 47.9 Å². The van der Waals surface area contributed by atoms with Gasteiger partial charge in [0, 0.05) is 38.8 Å². The van der Waals surface area contributed by atoms with Crippen LogP contribution in [0.3, 0.4) is 0 Å². The monoisotopic (exact) mass is 604 g/mol. The van der Waals surface area contributed by atoms with Crippen molar-refractivity contribution in [3.63, 3.8) is 0 Å². The van der Waals surface area contributed by atoms with Crippen molar-refractivity contribution in [1.29, 1.82) is 0 Å². The van der Waals surface area contributed by atoms with E-state index in [9.17, 15) is 29.1 Å². The Hall–Kier alpha value is -5.46. The molecular weight excluding hydrogens is 568 g/mol. The molecule has 0 radical (unpaired) electrons. The Morgan fingerprint density at radius 3 is 2.27 bits per heavy atom. The molecule has 3 rings (SSSR count). The number of nitrogens with two attached hydrogens (primary N) is 1. The number of rotatable bonds is 13. The van der Waals surface area contributed by atoms with Crippen LogP contribution in [0.1, 0.15) is 42.0 Å². The van der Waals surface area contributed by atoms with Crippen LogP contribution in [0.15, 0.2) is 60.8 Å². The fourth-order valence-electron chi connectivity index (χ4n) is 4.38. The summed E-state index contributed by atoms with van der Waals surface area (Å²) in [6.45, 7) is 1.89. The molecule has 3 aromatic rings. The largest absolute Gasteiger partial charge is 0.495 e. The first-order chi connectivity index (χ1) is 20.9.